The minimum absolute atomic E-state index is 0.0109. The first-order chi connectivity index (χ1) is 10.2. The van der Waals surface area contributed by atoms with E-state index < -0.39 is 11.6 Å². The van der Waals surface area contributed by atoms with Crippen molar-refractivity contribution in [3.8, 4) is 0 Å². The van der Waals surface area contributed by atoms with Crippen molar-refractivity contribution in [2.45, 2.75) is 46.1 Å². The molecule has 0 aromatic heterocycles. The first-order valence-electron chi connectivity index (χ1n) is 7.31. The summed E-state index contributed by atoms with van der Waals surface area (Å²) < 4.78 is 15.0. The third-order valence-electron chi connectivity index (χ3n) is 2.84. The molecule has 0 atom stereocenters. The van der Waals surface area contributed by atoms with Gasteiger partial charge in [-0.1, -0.05) is 13.8 Å². The second kappa shape index (κ2) is 10.3. The average Bonchev–Trinajstić information content (AvgIpc) is 2.46. The molecule has 0 bridgehead atoms. The van der Waals surface area contributed by atoms with Crippen LogP contribution in [-0.4, -0.2) is 54.9 Å². The number of carbonyl (C=O) groups is 3. The van der Waals surface area contributed by atoms with Crippen LogP contribution in [0.15, 0.2) is 0 Å². The van der Waals surface area contributed by atoms with E-state index >= 15 is 0 Å². The quantitative estimate of drug-likeness (QED) is 0.445. The summed E-state index contributed by atoms with van der Waals surface area (Å²) in [6.45, 7) is 6.51. The van der Waals surface area contributed by atoms with Crippen LogP contribution in [0.4, 0.5) is 0 Å². The number of aliphatic hydroxyl groups is 1. The summed E-state index contributed by atoms with van der Waals surface area (Å²) in [7, 11) is 0. The maximum absolute atomic E-state index is 12.0. The van der Waals surface area contributed by atoms with Crippen LogP contribution in [0.1, 0.15) is 40.5 Å². The molecule has 0 aliphatic carbocycles. The van der Waals surface area contributed by atoms with Crippen molar-refractivity contribution in [3.05, 3.63) is 0 Å². The molecule has 7 heteroatoms. The van der Waals surface area contributed by atoms with Crippen LogP contribution in [0.3, 0.4) is 0 Å². The van der Waals surface area contributed by atoms with Crippen LogP contribution in [0.2, 0.25) is 0 Å². The van der Waals surface area contributed by atoms with Crippen LogP contribution in [0, 0.1) is 5.92 Å². The first kappa shape index (κ1) is 20.5. The number of ketones is 1. The van der Waals surface area contributed by atoms with Crippen LogP contribution in [0.5, 0.6) is 0 Å². The zero-order valence-electron chi connectivity index (χ0n) is 13.7. The molecule has 22 heavy (non-hydrogen) atoms. The molecular weight excluding hydrogens is 292 g/mol. The molecule has 1 N–H and O–H groups in total. The monoisotopic (exact) mass is 318 g/mol. The van der Waals surface area contributed by atoms with E-state index in [1.807, 2.05) is 0 Å². The Labute approximate surface area is 130 Å². The highest BCUT2D eigenvalue weighted by molar-refractivity contribution is 5.89. The predicted octanol–water partition coefficient (Wildman–Crippen LogP) is 0.866. The van der Waals surface area contributed by atoms with Crippen LogP contribution >= 0.6 is 0 Å². The van der Waals surface area contributed by atoms with E-state index in [4.69, 9.17) is 14.6 Å². The van der Waals surface area contributed by atoms with Crippen molar-refractivity contribution < 1.29 is 33.7 Å². The topological polar surface area (TPSA) is 99.1 Å². The summed E-state index contributed by atoms with van der Waals surface area (Å²) in [6, 6.07) is 0. The fraction of sp³-hybridized carbons (Fsp3) is 0.800. The first-order valence-corrected chi connectivity index (χ1v) is 7.31. The fourth-order valence-corrected chi connectivity index (χ4v) is 1.43. The van der Waals surface area contributed by atoms with Gasteiger partial charge in [0.2, 0.25) is 0 Å². The Bertz CT molecular complexity index is 374. The Morgan fingerprint density at radius 3 is 2.18 bits per heavy atom. The lowest BCUT2D eigenvalue weighted by Crippen LogP contribution is -2.36. The number of esters is 2. The van der Waals surface area contributed by atoms with Gasteiger partial charge in [0, 0.05) is 6.42 Å². The molecule has 0 heterocycles. The van der Waals surface area contributed by atoms with Crippen molar-refractivity contribution in [1.29, 1.82) is 0 Å². The number of rotatable bonds is 11. The highest BCUT2D eigenvalue weighted by Gasteiger charge is 2.28. The van der Waals surface area contributed by atoms with Crippen molar-refractivity contribution in [3.63, 3.8) is 0 Å². The summed E-state index contributed by atoms with van der Waals surface area (Å²) in [5, 5.41) is 8.52. The lowest BCUT2D eigenvalue weighted by molar-refractivity contribution is -0.154. The van der Waals surface area contributed by atoms with Crippen LogP contribution in [0.25, 0.3) is 0 Å². The molecule has 0 aromatic carbocycles. The van der Waals surface area contributed by atoms with E-state index in [0.717, 1.165) is 0 Å². The molecule has 0 spiro atoms. The van der Waals surface area contributed by atoms with E-state index in [0.29, 0.717) is 0 Å². The van der Waals surface area contributed by atoms with Crippen molar-refractivity contribution in [1.82, 2.24) is 0 Å². The van der Waals surface area contributed by atoms with Gasteiger partial charge in [0.05, 0.1) is 25.6 Å². The van der Waals surface area contributed by atoms with E-state index in [1.165, 1.54) is 0 Å². The second-order valence-electron chi connectivity index (χ2n) is 5.55. The maximum Gasteiger partial charge on any atom is 0.308 e. The minimum Gasteiger partial charge on any atom is -0.463 e. The molecule has 0 amide bonds. The highest BCUT2D eigenvalue weighted by atomic mass is 16.6. The number of aliphatic hydroxyl groups excluding tert-OH is 1. The second-order valence-corrected chi connectivity index (χ2v) is 5.55. The van der Waals surface area contributed by atoms with Crippen LogP contribution in [-0.2, 0) is 28.6 Å². The van der Waals surface area contributed by atoms with Gasteiger partial charge in [-0.2, -0.15) is 0 Å². The van der Waals surface area contributed by atoms with Gasteiger partial charge in [0.25, 0.3) is 0 Å². The molecule has 0 fully saturated rings. The van der Waals surface area contributed by atoms with E-state index in [9.17, 15) is 14.4 Å². The SMILES string of the molecule is CC(C)C(=O)OCCOC(C)(C)C(=O)CCC(=O)OCCO. The van der Waals surface area contributed by atoms with E-state index in [1.54, 1.807) is 27.7 Å². The fourth-order valence-electron chi connectivity index (χ4n) is 1.43. The van der Waals surface area contributed by atoms with Gasteiger partial charge in [0.15, 0.2) is 5.78 Å². The summed E-state index contributed by atoms with van der Waals surface area (Å²) in [6.07, 6.45) is -0.0724. The zero-order chi connectivity index (χ0) is 17.2. The standard InChI is InChI=1S/C15H26O7/c1-11(2)14(19)21-9-10-22-15(3,4)12(17)5-6-13(18)20-8-7-16/h11,16H,5-10H2,1-4H3. The minimum atomic E-state index is -1.07. The third-order valence-corrected chi connectivity index (χ3v) is 2.84. The highest BCUT2D eigenvalue weighted by Crippen LogP contribution is 2.14. The number of carbonyl (C=O) groups excluding carboxylic acids is 3. The summed E-state index contributed by atoms with van der Waals surface area (Å²) >= 11 is 0. The van der Waals surface area contributed by atoms with Crippen molar-refractivity contribution >= 4 is 17.7 Å². The maximum atomic E-state index is 12.0. The van der Waals surface area contributed by atoms with E-state index in [-0.39, 0.29) is 56.9 Å². The molecule has 0 aliphatic heterocycles. The van der Waals surface area contributed by atoms with Gasteiger partial charge in [-0.05, 0) is 13.8 Å². The molecule has 0 aliphatic rings. The zero-order valence-corrected chi connectivity index (χ0v) is 13.7. The Hall–Kier alpha value is -1.47. The molecule has 0 saturated carbocycles. The largest absolute Gasteiger partial charge is 0.463 e. The molecule has 0 aromatic rings. The number of Topliss-reactive ketones (excluding diaryl/α,β-unsaturated/α-hetero) is 1. The molecule has 0 rings (SSSR count). The normalized spacial score (nSPS) is 11.4. The lowest BCUT2D eigenvalue weighted by Gasteiger charge is -2.23. The lowest BCUT2D eigenvalue weighted by atomic mass is 9.99. The molecule has 7 nitrogen and oxygen atoms in total. The van der Waals surface area contributed by atoms with Gasteiger partial charge in [-0.25, -0.2) is 0 Å². The molecule has 0 saturated heterocycles. The number of ether oxygens (including phenoxy) is 3. The Kier molecular flexibility index (Phi) is 9.60. The van der Waals surface area contributed by atoms with Gasteiger partial charge in [-0.3, -0.25) is 14.4 Å². The summed E-state index contributed by atoms with van der Waals surface area (Å²) in [5.41, 5.74) is -1.07. The van der Waals surface area contributed by atoms with Gasteiger partial charge in [0.1, 0.15) is 18.8 Å². The summed E-state index contributed by atoms with van der Waals surface area (Å²) in [5.74, 6) is -1.31. The Balaban J connectivity index is 4.02. The van der Waals surface area contributed by atoms with Gasteiger partial charge >= 0.3 is 11.9 Å². The molecule has 0 radical (unpaired) electrons. The predicted molar refractivity (Wildman–Crippen MR) is 78.1 cm³/mol. The number of hydrogen-bond donors (Lipinski definition) is 1. The van der Waals surface area contributed by atoms with Crippen molar-refractivity contribution in [2.24, 2.45) is 5.92 Å². The Morgan fingerprint density at radius 2 is 1.64 bits per heavy atom. The smallest absolute Gasteiger partial charge is 0.308 e. The molecular formula is C15H26O7. The molecule has 0 unspecified atom stereocenters. The molecule has 128 valence electrons. The van der Waals surface area contributed by atoms with Gasteiger partial charge in [-0.15, -0.1) is 0 Å². The number of hydrogen-bond acceptors (Lipinski definition) is 7. The Morgan fingerprint density at radius 1 is 1.00 bits per heavy atom. The third kappa shape index (κ3) is 8.74. The van der Waals surface area contributed by atoms with Gasteiger partial charge < -0.3 is 19.3 Å². The van der Waals surface area contributed by atoms with Crippen LogP contribution < -0.4 is 0 Å². The van der Waals surface area contributed by atoms with Crippen molar-refractivity contribution in [2.75, 3.05) is 26.4 Å². The van der Waals surface area contributed by atoms with E-state index in [2.05, 4.69) is 4.74 Å². The average molecular weight is 318 g/mol. The summed E-state index contributed by atoms with van der Waals surface area (Å²) in [4.78, 5) is 34.5.